The Bertz CT molecular complexity index is 2110. The van der Waals surface area contributed by atoms with Gasteiger partial charge in [-0.15, -0.1) is 0 Å². The molecule has 0 aliphatic carbocycles. The van der Waals surface area contributed by atoms with Gasteiger partial charge in [0.25, 0.3) is 5.91 Å². The first-order chi connectivity index (χ1) is 27.8. The predicted octanol–water partition coefficient (Wildman–Crippen LogP) is 7.62. The van der Waals surface area contributed by atoms with E-state index in [2.05, 4.69) is 53.3 Å². The molecule has 2 aromatic heterocycles. The van der Waals surface area contributed by atoms with E-state index in [0.717, 1.165) is 98.4 Å². The van der Waals surface area contributed by atoms with Gasteiger partial charge in [-0.3, -0.25) is 9.69 Å². The van der Waals surface area contributed by atoms with Crippen molar-refractivity contribution in [1.82, 2.24) is 25.2 Å². The van der Waals surface area contributed by atoms with E-state index in [4.69, 9.17) is 9.84 Å². The van der Waals surface area contributed by atoms with Crippen molar-refractivity contribution in [2.24, 2.45) is 0 Å². The highest BCUT2D eigenvalue weighted by molar-refractivity contribution is 7.99. The third-order valence-corrected chi connectivity index (χ3v) is 11.9. The van der Waals surface area contributed by atoms with E-state index in [1.54, 1.807) is 24.7 Å². The number of ether oxygens (including phenoxy) is 1. The van der Waals surface area contributed by atoms with Crippen LogP contribution in [-0.4, -0.2) is 99.4 Å². The number of carboxylic acid groups (broad SMARTS) is 1. The number of carbonyl (C=O) groups excluding carboxylic acids is 2. The number of rotatable bonds is 10. The Balaban J connectivity index is 0.853. The van der Waals surface area contributed by atoms with Crippen LogP contribution < -0.4 is 20.4 Å². The number of piperidine rings is 2. The fourth-order valence-corrected chi connectivity index (χ4v) is 8.48. The number of aromatic nitrogens is 3. The first-order valence-electron chi connectivity index (χ1n) is 19.9. The second-order valence-corrected chi connectivity index (χ2v) is 17.5. The first-order valence-corrected chi connectivity index (χ1v) is 20.8. The van der Waals surface area contributed by atoms with Gasteiger partial charge >= 0.3 is 12.1 Å². The number of pyridine rings is 1. The number of amides is 2. The molecule has 2 fully saturated rings. The Morgan fingerprint density at radius 2 is 1.64 bits per heavy atom. The van der Waals surface area contributed by atoms with Gasteiger partial charge < -0.3 is 30.3 Å². The number of hydrogen-bond donors (Lipinski definition) is 3. The molecule has 0 atom stereocenters. The minimum absolute atomic E-state index is 0.0649. The molecule has 0 saturated carbocycles. The van der Waals surface area contributed by atoms with E-state index in [1.807, 2.05) is 75.4 Å². The molecule has 2 saturated heterocycles. The van der Waals surface area contributed by atoms with E-state index >= 15 is 0 Å². The van der Waals surface area contributed by atoms with Crippen molar-refractivity contribution in [3.05, 3.63) is 102 Å². The zero-order valence-electron chi connectivity index (χ0n) is 33.6. The maximum absolute atomic E-state index is 13.3. The van der Waals surface area contributed by atoms with Crippen molar-refractivity contribution < 1.29 is 24.2 Å². The Morgan fingerprint density at radius 1 is 0.879 bits per heavy atom. The van der Waals surface area contributed by atoms with Crippen molar-refractivity contribution in [3.63, 3.8) is 0 Å². The third kappa shape index (κ3) is 10.5. The number of nitrogens with one attached hydrogen (secondary N) is 2. The molecule has 0 unspecified atom stereocenters. The molecule has 3 N–H and O–H groups in total. The molecule has 4 aromatic rings. The maximum atomic E-state index is 13.3. The summed E-state index contributed by atoms with van der Waals surface area (Å²) in [5, 5.41) is 16.0. The summed E-state index contributed by atoms with van der Waals surface area (Å²) < 4.78 is 5.46. The minimum atomic E-state index is -1.01. The lowest BCUT2D eigenvalue weighted by Gasteiger charge is -2.40. The van der Waals surface area contributed by atoms with Crippen LogP contribution in [0.25, 0.3) is 5.57 Å². The zero-order chi connectivity index (χ0) is 40.9. The molecule has 304 valence electrons. The lowest BCUT2D eigenvalue weighted by Crippen LogP contribution is -2.54. The molecule has 3 aliphatic rings. The number of benzene rings is 2. The fraction of sp³-hybridized carbons (Fsp3) is 0.409. The molecule has 14 heteroatoms. The first kappa shape index (κ1) is 40.7. The van der Waals surface area contributed by atoms with Crippen LogP contribution in [0.3, 0.4) is 0 Å². The Labute approximate surface area is 344 Å². The Morgan fingerprint density at radius 3 is 2.26 bits per heavy atom. The number of carbonyl (C=O) groups is 3. The molecule has 7 rings (SSSR count). The van der Waals surface area contributed by atoms with Crippen molar-refractivity contribution in [3.8, 4) is 0 Å². The quantitative estimate of drug-likeness (QED) is 0.145. The van der Waals surface area contributed by atoms with Gasteiger partial charge in [-0.05, 0) is 119 Å². The standard InChI is InChI=1S/C44H52N8O5S/c1-43(2,3)57-42(56)49-44(4)18-24-52(25-19-44)38-28-47-39(29-46-38)58-36-7-5-6-33(26-36)48-40(53)31-8-11-34(12-9-31)51-22-16-35(17-23-51)50-20-14-30(15-21-50)32-10-13-37(41(54)55)45-27-32/h5-14,26-29,35H,15-25H2,1-4H3,(H,48,53)(H,49,56)(H,54,55). The van der Waals surface area contributed by atoms with Crippen LogP contribution in [-0.2, 0) is 4.74 Å². The average molecular weight is 805 g/mol. The van der Waals surface area contributed by atoms with Crippen LogP contribution >= 0.6 is 11.8 Å². The van der Waals surface area contributed by atoms with Gasteiger partial charge in [0.15, 0.2) is 0 Å². The van der Waals surface area contributed by atoms with Crippen molar-refractivity contribution in [2.45, 2.75) is 86.9 Å². The molecule has 0 bridgehead atoms. The molecule has 13 nitrogen and oxygen atoms in total. The van der Waals surface area contributed by atoms with E-state index in [1.165, 1.54) is 17.3 Å². The normalized spacial score (nSPS) is 17.6. The molecule has 58 heavy (non-hydrogen) atoms. The molecular formula is C44H52N8O5S. The fourth-order valence-electron chi connectivity index (χ4n) is 7.69. The molecule has 3 aliphatic heterocycles. The topological polar surface area (TPSA) is 153 Å². The number of hydrogen-bond acceptors (Lipinski definition) is 11. The van der Waals surface area contributed by atoms with Crippen LogP contribution in [0.5, 0.6) is 0 Å². The lowest BCUT2D eigenvalue weighted by molar-refractivity contribution is 0.0447. The monoisotopic (exact) mass is 804 g/mol. The van der Waals surface area contributed by atoms with E-state index in [9.17, 15) is 14.4 Å². The molecule has 0 radical (unpaired) electrons. The SMILES string of the molecule is CC1(NC(=O)OC(C)(C)C)CCN(c2cnc(Sc3cccc(NC(=O)c4ccc(N5CCC(N6CC=C(c7ccc(C(=O)O)nc7)CC6)CC5)cc4)c3)cn2)CC1. The summed E-state index contributed by atoms with van der Waals surface area (Å²) in [7, 11) is 0. The number of nitrogens with zero attached hydrogens (tertiary/aromatic N) is 6. The van der Waals surface area contributed by atoms with Gasteiger partial charge in [0.1, 0.15) is 22.1 Å². The number of alkyl carbamates (subject to hydrolysis) is 1. The van der Waals surface area contributed by atoms with Crippen LogP contribution in [0.2, 0.25) is 0 Å². The van der Waals surface area contributed by atoms with Crippen molar-refractivity contribution in [2.75, 3.05) is 54.4 Å². The molecule has 0 spiro atoms. The van der Waals surface area contributed by atoms with Crippen LogP contribution in [0.15, 0.2) is 95.3 Å². The molecule has 2 aromatic carbocycles. The summed E-state index contributed by atoms with van der Waals surface area (Å²) in [6.45, 7) is 12.9. The summed E-state index contributed by atoms with van der Waals surface area (Å²) in [5.74, 6) is -0.376. The number of aromatic carboxylic acids is 1. The highest BCUT2D eigenvalue weighted by Gasteiger charge is 2.34. The zero-order valence-corrected chi connectivity index (χ0v) is 34.4. The number of carboxylic acids is 1. The minimum Gasteiger partial charge on any atom is -0.477 e. The smallest absolute Gasteiger partial charge is 0.408 e. The van der Waals surface area contributed by atoms with E-state index in [0.29, 0.717) is 17.3 Å². The highest BCUT2D eigenvalue weighted by atomic mass is 32.2. The lowest BCUT2D eigenvalue weighted by atomic mass is 9.90. The molecule has 2 amide bonds. The summed E-state index contributed by atoms with van der Waals surface area (Å²) in [6, 6.07) is 19.5. The second kappa shape index (κ2) is 17.6. The van der Waals surface area contributed by atoms with Gasteiger partial charge in [-0.25, -0.2) is 24.5 Å². The van der Waals surface area contributed by atoms with E-state index < -0.39 is 17.7 Å². The van der Waals surface area contributed by atoms with Crippen molar-refractivity contribution in [1.29, 1.82) is 0 Å². The van der Waals surface area contributed by atoms with Crippen molar-refractivity contribution >= 4 is 52.5 Å². The molecular weight excluding hydrogens is 753 g/mol. The Hall–Kier alpha value is -5.47. The summed E-state index contributed by atoms with van der Waals surface area (Å²) in [5.41, 5.74) is 3.82. The van der Waals surface area contributed by atoms with Crippen LogP contribution in [0, 0.1) is 0 Å². The van der Waals surface area contributed by atoms with Gasteiger partial charge in [0.05, 0.1) is 12.4 Å². The molecule has 5 heterocycles. The van der Waals surface area contributed by atoms with Crippen LogP contribution in [0.4, 0.5) is 22.0 Å². The second-order valence-electron chi connectivity index (χ2n) is 16.4. The predicted molar refractivity (Wildman–Crippen MR) is 227 cm³/mol. The average Bonchev–Trinajstić information content (AvgIpc) is 3.21. The summed E-state index contributed by atoms with van der Waals surface area (Å²) in [4.78, 5) is 58.2. The van der Waals surface area contributed by atoms with Gasteiger partial charge in [-0.2, -0.15) is 0 Å². The van der Waals surface area contributed by atoms with Crippen LogP contribution in [0.1, 0.15) is 86.2 Å². The Kier molecular flexibility index (Phi) is 12.3. The number of anilines is 3. The van der Waals surface area contributed by atoms with Gasteiger partial charge in [-0.1, -0.05) is 30.0 Å². The van der Waals surface area contributed by atoms with Gasteiger partial charge in [0.2, 0.25) is 0 Å². The maximum Gasteiger partial charge on any atom is 0.408 e. The van der Waals surface area contributed by atoms with Gasteiger partial charge in [0, 0.05) is 78.9 Å². The van der Waals surface area contributed by atoms with E-state index in [-0.39, 0.29) is 17.1 Å². The highest BCUT2D eigenvalue weighted by Crippen LogP contribution is 2.31. The third-order valence-electron chi connectivity index (χ3n) is 11.0. The summed E-state index contributed by atoms with van der Waals surface area (Å²) in [6.07, 6.45) is 11.7. The summed E-state index contributed by atoms with van der Waals surface area (Å²) >= 11 is 1.48. The largest absolute Gasteiger partial charge is 0.477 e.